The quantitative estimate of drug-likeness (QED) is 0.487. The molecule has 5 N–H and O–H groups in total. The third-order valence-electron chi connectivity index (χ3n) is 4.53. The molecule has 0 saturated carbocycles. The SMILES string of the molecule is C=C(NC)/C(NCc1ccccc1)=C(\N)NCCc1cccc(C(C)C)c1. The second kappa shape index (κ2) is 10.3. The molecule has 0 aliphatic heterocycles. The van der Waals surface area contributed by atoms with Crippen LogP contribution in [0.25, 0.3) is 0 Å². The van der Waals surface area contributed by atoms with Crippen molar-refractivity contribution in [1.29, 1.82) is 0 Å². The molecule has 2 aromatic carbocycles. The molecule has 0 heterocycles. The van der Waals surface area contributed by atoms with Gasteiger partial charge in [0.05, 0.1) is 11.4 Å². The Morgan fingerprint density at radius 1 is 1.00 bits per heavy atom. The predicted molar refractivity (Wildman–Crippen MR) is 115 cm³/mol. The Hall–Kier alpha value is -2.88. The molecule has 144 valence electrons. The van der Waals surface area contributed by atoms with E-state index in [0.29, 0.717) is 18.3 Å². The highest BCUT2D eigenvalue weighted by Gasteiger charge is 2.07. The second-order valence-electron chi connectivity index (χ2n) is 6.93. The number of nitrogens with two attached hydrogens (primary N) is 1. The Balaban J connectivity index is 1.98. The zero-order valence-corrected chi connectivity index (χ0v) is 16.7. The zero-order valence-electron chi connectivity index (χ0n) is 16.7. The normalized spacial score (nSPS) is 11.7. The van der Waals surface area contributed by atoms with E-state index in [9.17, 15) is 0 Å². The molecule has 2 aromatic rings. The molecule has 0 saturated heterocycles. The van der Waals surface area contributed by atoms with Crippen LogP contribution in [0.4, 0.5) is 0 Å². The molecule has 2 rings (SSSR count). The van der Waals surface area contributed by atoms with Gasteiger partial charge in [-0.3, -0.25) is 0 Å². The van der Waals surface area contributed by atoms with E-state index < -0.39 is 0 Å². The van der Waals surface area contributed by atoms with Crippen molar-refractivity contribution in [1.82, 2.24) is 16.0 Å². The molecule has 0 atom stereocenters. The minimum Gasteiger partial charge on any atom is -0.387 e. The lowest BCUT2D eigenvalue weighted by Gasteiger charge is -2.18. The van der Waals surface area contributed by atoms with Crippen molar-refractivity contribution in [3.63, 3.8) is 0 Å². The highest BCUT2D eigenvalue weighted by molar-refractivity contribution is 5.30. The van der Waals surface area contributed by atoms with E-state index in [1.54, 1.807) is 0 Å². The molecule has 0 aliphatic carbocycles. The van der Waals surface area contributed by atoms with Gasteiger partial charge in [-0.2, -0.15) is 0 Å². The molecular formula is C23H32N4. The zero-order chi connectivity index (χ0) is 19.6. The average Bonchev–Trinajstić information content (AvgIpc) is 2.69. The lowest BCUT2D eigenvalue weighted by Crippen LogP contribution is -2.31. The maximum Gasteiger partial charge on any atom is 0.122 e. The van der Waals surface area contributed by atoms with Crippen molar-refractivity contribution in [2.75, 3.05) is 13.6 Å². The number of benzene rings is 2. The standard InChI is InChI=1S/C23H32N4/c1-17(2)21-12-8-11-19(15-21)13-14-26-23(24)22(18(3)25-4)27-16-20-9-6-5-7-10-20/h5-12,15,17,25-27H,3,13-14,16,24H2,1-2,4H3/b23-22-. The lowest BCUT2D eigenvalue weighted by molar-refractivity contribution is 0.716. The minimum atomic E-state index is 0.538. The Morgan fingerprint density at radius 3 is 2.37 bits per heavy atom. The summed E-state index contributed by atoms with van der Waals surface area (Å²) in [5.41, 5.74) is 11.7. The first-order chi connectivity index (χ1) is 13.0. The summed E-state index contributed by atoms with van der Waals surface area (Å²) >= 11 is 0. The van der Waals surface area contributed by atoms with Crippen LogP contribution in [0.3, 0.4) is 0 Å². The fraction of sp³-hybridized carbons (Fsp3) is 0.304. The molecule has 0 bridgehead atoms. The fourth-order valence-corrected chi connectivity index (χ4v) is 2.81. The summed E-state index contributed by atoms with van der Waals surface area (Å²) in [5.74, 6) is 1.14. The smallest absolute Gasteiger partial charge is 0.122 e. The van der Waals surface area contributed by atoms with Crippen LogP contribution in [-0.4, -0.2) is 13.6 Å². The Labute approximate surface area is 163 Å². The maximum atomic E-state index is 6.31. The van der Waals surface area contributed by atoms with Crippen molar-refractivity contribution < 1.29 is 0 Å². The summed E-state index contributed by atoms with van der Waals surface area (Å²) in [7, 11) is 1.84. The van der Waals surface area contributed by atoms with Crippen LogP contribution in [0.2, 0.25) is 0 Å². The van der Waals surface area contributed by atoms with Gasteiger partial charge >= 0.3 is 0 Å². The largest absolute Gasteiger partial charge is 0.387 e. The first kappa shape index (κ1) is 20.4. The third-order valence-corrected chi connectivity index (χ3v) is 4.53. The molecule has 0 aliphatic rings. The van der Waals surface area contributed by atoms with Gasteiger partial charge in [0.25, 0.3) is 0 Å². The molecule has 27 heavy (non-hydrogen) atoms. The summed E-state index contributed by atoms with van der Waals surface area (Å²) in [4.78, 5) is 0. The van der Waals surface area contributed by atoms with Gasteiger partial charge in [0, 0.05) is 20.1 Å². The molecule has 0 fully saturated rings. The van der Waals surface area contributed by atoms with Crippen LogP contribution < -0.4 is 21.7 Å². The predicted octanol–water partition coefficient (Wildman–Crippen LogP) is 3.59. The Kier molecular flexibility index (Phi) is 7.80. The van der Waals surface area contributed by atoms with Crippen LogP contribution >= 0.6 is 0 Å². The fourth-order valence-electron chi connectivity index (χ4n) is 2.81. The molecule has 0 spiro atoms. The van der Waals surface area contributed by atoms with Crippen LogP contribution in [0.15, 0.2) is 78.4 Å². The number of likely N-dealkylation sites (N-methyl/N-ethyl adjacent to an activating group) is 1. The van der Waals surface area contributed by atoms with Gasteiger partial charge in [0.2, 0.25) is 0 Å². The number of hydrogen-bond acceptors (Lipinski definition) is 4. The second-order valence-corrected chi connectivity index (χ2v) is 6.93. The first-order valence-corrected chi connectivity index (χ1v) is 9.48. The van der Waals surface area contributed by atoms with Crippen LogP contribution in [-0.2, 0) is 13.0 Å². The molecule has 0 amide bonds. The van der Waals surface area contributed by atoms with Crippen molar-refractivity contribution in [3.05, 3.63) is 95.1 Å². The van der Waals surface area contributed by atoms with E-state index in [4.69, 9.17) is 5.73 Å². The van der Waals surface area contributed by atoms with Gasteiger partial charge in [0.1, 0.15) is 5.82 Å². The highest BCUT2D eigenvalue weighted by atomic mass is 15.1. The minimum absolute atomic E-state index is 0.538. The van der Waals surface area contributed by atoms with Gasteiger partial charge in [-0.1, -0.05) is 75.0 Å². The average molecular weight is 365 g/mol. The summed E-state index contributed by atoms with van der Waals surface area (Å²) in [6.07, 6.45) is 0.916. The van der Waals surface area contributed by atoms with Gasteiger partial charge in [0.15, 0.2) is 0 Å². The molecule has 0 unspecified atom stereocenters. The van der Waals surface area contributed by atoms with Gasteiger partial charge in [-0.15, -0.1) is 0 Å². The molecule has 0 radical (unpaired) electrons. The van der Waals surface area contributed by atoms with E-state index in [-0.39, 0.29) is 0 Å². The van der Waals surface area contributed by atoms with Crippen molar-refractivity contribution >= 4 is 0 Å². The topological polar surface area (TPSA) is 62.1 Å². The molecule has 4 nitrogen and oxygen atoms in total. The van der Waals surface area contributed by atoms with Gasteiger partial charge < -0.3 is 21.7 Å². The number of rotatable bonds is 10. The van der Waals surface area contributed by atoms with Crippen molar-refractivity contribution in [2.45, 2.75) is 32.7 Å². The highest BCUT2D eigenvalue weighted by Crippen LogP contribution is 2.15. The van der Waals surface area contributed by atoms with Crippen molar-refractivity contribution in [3.8, 4) is 0 Å². The Bertz CT molecular complexity index is 763. The number of hydrogen-bond donors (Lipinski definition) is 4. The molecular weight excluding hydrogens is 332 g/mol. The number of nitrogens with one attached hydrogen (secondary N) is 3. The summed E-state index contributed by atoms with van der Waals surface area (Å²) < 4.78 is 0. The van der Waals surface area contributed by atoms with Crippen molar-refractivity contribution in [2.24, 2.45) is 5.73 Å². The van der Waals surface area contributed by atoms with E-state index in [2.05, 4.69) is 72.8 Å². The first-order valence-electron chi connectivity index (χ1n) is 9.48. The third kappa shape index (κ3) is 6.41. The molecule has 0 aromatic heterocycles. The van der Waals surface area contributed by atoms with Crippen LogP contribution in [0.1, 0.15) is 36.5 Å². The lowest BCUT2D eigenvalue weighted by atomic mass is 10.00. The Morgan fingerprint density at radius 2 is 1.70 bits per heavy atom. The van der Waals surface area contributed by atoms with E-state index in [0.717, 1.165) is 24.4 Å². The summed E-state index contributed by atoms with van der Waals surface area (Å²) in [6.45, 7) is 9.94. The summed E-state index contributed by atoms with van der Waals surface area (Å²) in [6, 6.07) is 19.0. The van der Waals surface area contributed by atoms with Gasteiger partial charge in [-0.05, 0) is 29.0 Å². The monoisotopic (exact) mass is 364 g/mol. The molecule has 4 heteroatoms. The van der Waals surface area contributed by atoms with Crippen LogP contribution in [0, 0.1) is 0 Å². The summed E-state index contributed by atoms with van der Waals surface area (Å²) in [5, 5.41) is 9.79. The van der Waals surface area contributed by atoms with E-state index >= 15 is 0 Å². The van der Waals surface area contributed by atoms with E-state index in [1.165, 1.54) is 16.7 Å². The van der Waals surface area contributed by atoms with E-state index in [1.807, 2.05) is 25.2 Å². The van der Waals surface area contributed by atoms with Gasteiger partial charge in [-0.25, -0.2) is 0 Å². The maximum absolute atomic E-state index is 6.31. The van der Waals surface area contributed by atoms with Crippen LogP contribution in [0.5, 0.6) is 0 Å².